The molecule has 1 amide bonds. The number of nitrogens with zero attached hydrogens (tertiary/aromatic N) is 2. The number of aryl methyl sites for hydroxylation is 1. The first-order valence-corrected chi connectivity index (χ1v) is 14.1. The highest BCUT2D eigenvalue weighted by molar-refractivity contribution is 5.79. The minimum Gasteiger partial charge on any atom is -0.353 e. The van der Waals surface area contributed by atoms with E-state index in [1.54, 1.807) is 17.8 Å². The van der Waals surface area contributed by atoms with Crippen molar-refractivity contribution in [3.63, 3.8) is 0 Å². The SMILES string of the molecule is Cn1ccn(CC2CC(C(=O)N[C@H]3CCC4CC(F)CCC43)CC(C3CCCNC3C(F)(F)F)C2)c1=N. The average molecular weight is 528 g/mol. The molecule has 4 aliphatic rings. The molecule has 37 heavy (non-hydrogen) atoms. The molecule has 1 saturated heterocycles. The summed E-state index contributed by atoms with van der Waals surface area (Å²) in [5, 5.41) is 14.3. The van der Waals surface area contributed by atoms with Gasteiger partial charge in [0.2, 0.25) is 11.5 Å². The van der Waals surface area contributed by atoms with Crippen LogP contribution in [0.5, 0.6) is 0 Å². The van der Waals surface area contributed by atoms with Gasteiger partial charge in [0.05, 0.1) is 0 Å². The number of amides is 1. The Morgan fingerprint density at radius 2 is 1.86 bits per heavy atom. The summed E-state index contributed by atoms with van der Waals surface area (Å²) < 4.78 is 59.3. The molecule has 1 aliphatic heterocycles. The average Bonchev–Trinajstić information content (AvgIpc) is 3.40. The van der Waals surface area contributed by atoms with Crippen LogP contribution in [0.25, 0.3) is 0 Å². The van der Waals surface area contributed by atoms with Gasteiger partial charge in [-0.05, 0) is 100 Å². The van der Waals surface area contributed by atoms with Crippen molar-refractivity contribution in [3.05, 3.63) is 18.0 Å². The number of nitrogens with one attached hydrogen (secondary N) is 3. The maximum Gasteiger partial charge on any atom is 0.404 e. The van der Waals surface area contributed by atoms with Crippen LogP contribution in [0, 0.1) is 40.9 Å². The van der Waals surface area contributed by atoms with Crippen molar-refractivity contribution in [3.8, 4) is 0 Å². The highest BCUT2D eigenvalue weighted by atomic mass is 19.4. The summed E-state index contributed by atoms with van der Waals surface area (Å²) in [5.74, 6) is -0.459. The molecule has 0 bridgehead atoms. The molecule has 0 spiro atoms. The van der Waals surface area contributed by atoms with E-state index in [9.17, 15) is 22.4 Å². The predicted octanol–water partition coefficient (Wildman–Crippen LogP) is 4.30. The quantitative estimate of drug-likeness (QED) is 0.500. The van der Waals surface area contributed by atoms with Crippen molar-refractivity contribution < 1.29 is 22.4 Å². The van der Waals surface area contributed by atoms with Gasteiger partial charge in [-0.2, -0.15) is 13.2 Å². The maximum absolute atomic E-state index is 14.0. The Labute approximate surface area is 216 Å². The molecule has 208 valence electrons. The Bertz CT molecular complexity index is 1010. The second kappa shape index (κ2) is 10.7. The van der Waals surface area contributed by atoms with E-state index >= 15 is 0 Å². The normalized spacial score (nSPS) is 38.8. The topological polar surface area (TPSA) is 74.8 Å². The highest BCUT2D eigenvalue weighted by Crippen LogP contribution is 2.46. The minimum atomic E-state index is -4.31. The summed E-state index contributed by atoms with van der Waals surface area (Å²) in [7, 11) is 1.80. The summed E-state index contributed by atoms with van der Waals surface area (Å²) in [6.45, 7) is 0.898. The van der Waals surface area contributed by atoms with Gasteiger partial charge in [0.1, 0.15) is 12.2 Å². The number of fused-ring (bicyclic) bond motifs is 1. The number of halogens is 4. The van der Waals surface area contributed by atoms with E-state index in [0.717, 1.165) is 19.3 Å². The third-order valence-electron chi connectivity index (χ3n) is 9.88. The fourth-order valence-corrected chi connectivity index (χ4v) is 8.11. The van der Waals surface area contributed by atoms with Gasteiger partial charge in [0.25, 0.3) is 0 Å². The minimum absolute atomic E-state index is 0.0279. The van der Waals surface area contributed by atoms with Crippen LogP contribution in [-0.2, 0) is 18.4 Å². The number of alkyl halides is 4. The van der Waals surface area contributed by atoms with Crippen LogP contribution in [0.2, 0.25) is 0 Å². The summed E-state index contributed by atoms with van der Waals surface area (Å²) in [6.07, 6.45) is 5.27. The second-order valence-electron chi connectivity index (χ2n) is 12.2. The van der Waals surface area contributed by atoms with Crippen LogP contribution in [-0.4, -0.2) is 46.0 Å². The van der Waals surface area contributed by atoms with Gasteiger partial charge in [-0.25, -0.2) is 4.39 Å². The maximum atomic E-state index is 14.0. The lowest BCUT2D eigenvalue weighted by Crippen LogP contribution is -2.54. The molecule has 10 heteroatoms. The molecule has 4 fully saturated rings. The largest absolute Gasteiger partial charge is 0.404 e. The third kappa shape index (κ3) is 5.78. The van der Waals surface area contributed by atoms with E-state index in [0.29, 0.717) is 75.5 Å². The van der Waals surface area contributed by atoms with Gasteiger partial charge in [0.15, 0.2) is 0 Å². The fraction of sp³-hybridized carbons (Fsp3) is 0.852. The lowest BCUT2D eigenvalue weighted by Gasteiger charge is -2.44. The molecule has 0 radical (unpaired) electrons. The van der Waals surface area contributed by atoms with Crippen molar-refractivity contribution in [2.45, 2.75) is 95.2 Å². The lowest BCUT2D eigenvalue weighted by molar-refractivity contribution is -0.179. The number of aromatic nitrogens is 2. The first-order chi connectivity index (χ1) is 17.6. The molecule has 1 aromatic heterocycles. The van der Waals surface area contributed by atoms with Crippen LogP contribution >= 0.6 is 0 Å². The number of rotatable bonds is 5. The van der Waals surface area contributed by atoms with E-state index in [2.05, 4.69) is 10.6 Å². The van der Waals surface area contributed by atoms with Gasteiger partial charge < -0.3 is 19.8 Å². The summed E-state index contributed by atoms with van der Waals surface area (Å²) >= 11 is 0. The van der Waals surface area contributed by atoms with Crippen molar-refractivity contribution in [2.24, 2.45) is 42.6 Å². The molecule has 8 unspecified atom stereocenters. The van der Waals surface area contributed by atoms with Gasteiger partial charge >= 0.3 is 6.18 Å². The molecule has 5 rings (SSSR count). The van der Waals surface area contributed by atoms with Gasteiger partial charge in [0, 0.05) is 37.9 Å². The molecule has 2 heterocycles. The number of hydrogen-bond donors (Lipinski definition) is 3. The number of carbonyl (C=O) groups excluding carboxylic acids is 1. The van der Waals surface area contributed by atoms with Crippen molar-refractivity contribution >= 4 is 5.91 Å². The van der Waals surface area contributed by atoms with Crippen molar-refractivity contribution in [1.29, 1.82) is 5.41 Å². The second-order valence-corrected chi connectivity index (χ2v) is 12.2. The Hall–Kier alpha value is -1.84. The van der Waals surface area contributed by atoms with E-state index < -0.39 is 24.3 Å². The number of piperidine rings is 1. The molecule has 1 aromatic rings. The number of hydrogen-bond acceptors (Lipinski definition) is 3. The molecule has 3 aliphatic carbocycles. The molecule has 9 atom stereocenters. The van der Waals surface area contributed by atoms with Crippen molar-refractivity contribution in [2.75, 3.05) is 6.54 Å². The summed E-state index contributed by atoms with van der Waals surface area (Å²) in [6, 6.07) is -1.48. The Morgan fingerprint density at radius 3 is 2.59 bits per heavy atom. The fourth-order valence-electron chi connectivity index (χ4n) is 8.11. The van der Waals surface area contributed by atoms with E-state index in [4.69, 9.17) is 5.41 Å². The van der Waals surface area contributed by atoms with Gasteiger partial charge in [-0.1, -0.05) is 0 Å². The molecule has 0 aromatic carbocycles. The Balaban J connectivity index is 1.33. The van der Waals surface area contributed by atoms with Gasteiger partial charge in [-0.15, -0.1) is 0 Å². The molecule has 6 nitrogen and oxygen atoms in total. The lowest BCUT2D eigenvalue weighted by atomic mass is 9.66. The third-order valence-corrected chi connectivity index (χ3v) is 9.88. The molecule has 3 saturated carbocycles. The van der Waals surface area contributed by atoms with E-state index in [1.165, 1.54) is 0 Å². The summed E-state index contributed by atoms with van der Waals surface area (Å²) in [5.41, 5.74) is 0.344. The first-order valence-electron chi connectivity index (χ1n) is 14.1. The number of carbonyl (C=O) groups is 1. The zero-order valence-electron chi connectivity index (χ0n) is 21.7. The molecular formula is C27H41F4N5O. The van der Waals surface area contributed by atoms with E-state index in [-0.39, 0.29) is 29.7 Å². The monoisotopic (exact) mass is 527 g/mol. The Morgan fingerprint density at radius 1 is 1.05 bits per heavy atom. The zero-order valence-corrected chi connectivity index (χ0v) is 21.7. The zero-order chi connectivity index (χ0) is 26.3. The van der Waals surface area contributed by atoms with Crippen LogP contribution < -0.4 is 16.3 Å². The van der Waals surface area contributed by atoms with Gasteiger partial charge in [-0.3, -0.25) is 10.2 Å². The van der Waals surface area contributed by atoms with Crippen LogP contribution in [0.3, 0.4) is 0 Å². The summed E-state index contributed by atoms with van der Waals surface area (Å²) in [4.78, 5) is 13.6. The predicted molar refractivity (Wildman–Crippen MR) is 131 cm³/mol. The number of imidazole rings is 1. The van der Waals surface area contributed by atoms with Crippen molar-refractivity contribution in [1.82, 2.24) is 19.8 Å². The van der Waals surface area contributed by atoms with Crippen LogP contribution in [0.4, 0.5) is 17.6 Å². The molecular weight excluding hydrogens is 486 g/mol. The van der Waals surface area contributed by atoms with E-state index in [1.807, 2.05) is 10.8 Å². The van der Waals surface area contributed by atoms with Crippen LogP contribution in [0.15, 0.2) is 12.4 Å². The smallest absolute Gasteiger partial charge is 0.353 e. The highest BCUT2D eigenvalue weighted by Gasteiger charge is 2.50. The van der Waals surface area contributed by atoms with Crippen LogP contribution in [0.1, 0.15) is 64.2 Å². The molecule has 3 N–H and O–H groups in total. The Kier molecular flexibility index (Phi) is 7.76. The first kappa shape index (κ1) is 26.8. The standard InChI is InChI=1S/C27H41F4N5O/c1-35-9-10-36(26(35)32)15-16-11-18(22-3-2-8-33-24(22)27(29,30)31)13-19(12-16)25(37)34-23-7-4-17-14-20(28)5-6-21(17)23/h9-10,16-24,32-33H,2-8,11-15H2,1H3,(H,34,37)/t16?,17?,18?,19?,20?,21?,22?,23-,24?/m0/s1.